The van der Waals surface area contributed by atoms with Gasteiger partial charge < -0.3 is 4.90 Å². The molecule has 2 aliphatic rings. The van der Waals surface area contributed by atoms with Crippen molar-refractivity contribution in [3.8, 4) is 0 Å². The Bertz CT molecular complexity index is 1050. The number of nitrogens with zero attached hydrogens (tertiary/aromatic N) is 7. The fourth-order valence-corrected chi connectivity index (χ4v) is 4.21. The highest BCUT2D eigenvalue weighted by Crippen LogP contribution is 2.23. The summed E-state index contributed by atoms with van der Waals surface area (Å²) in [4.78, 5) is 14.6. The third kappa shape index (κ3) is 2.98. The van der Waals surface area contributed by atoms with Gasteiger partial charge in [-0.15, -0.1) is 15.3 Å². The summed E-state index contributed by atoms with van der Waals surface area (Å²) in [6.07, 6.45) is 5.19. The van der Waals surface area contributed by atoms with Gasteiger partial charge in [0.05, 0.1) is 5.69 Å². The molecule has 0 N–H and O–H groups in total. The zero-order valence-corrected chi connectivity index (χ0v) is 15.5. The first kappa shape index (κ1) is 16.4. The maximum absolute atomic E-state index is 12.3. The molecular weight excluding hydrogens is 342 g/mol. The Hall–Kier alpha value is -2.77. The van der Waals surface area contributed by atoms with Crippen LogP contribution in [0, 0.1) is 12.8 Å². The average molecular weight is 365 g/mol. The predicted octanol–water partition coefficient (Wildman–Crippen LogP) is 1.39. The van der Waals surface area contributed by atoms with Gasteiger partial charge >= 0.3 is 0 Å². The first-order valence-corrected chi connectivity index (χ1v) is 9.71. The van der Waals surface area contributed by atoms with Crippen molar-refractivity contribution in [1.82, 2.24) is 29.6 Å². The number of fused-ring (bicyclic) bond motifs is 2. The van der Waals surface area contributed by atoms with Crippen molar-refractivity contribution in [3.63, 3.8) is 0 Å². The fraction of sp³-hybridized carbons (Fsp3) is 0.526. The van der Waals surface area contributed by atoms with Gasteiger partial charge in [0.15, 0.2) is 11.5 Å². The summed E-state index contributed by atoms with van der Waals surface area (Å²) < 4.78 is 3.48. The molecule has 140 valence electrons. The van der Waals surface area contributed by atoms with E-state index in [0.29, 0.717) is 5.92 Å². The van der Waals surface area contributed by atoms with Crippen LogP contribution in [0.4, 0.5) is 5.82 Å². The molecule has 4 heterocycles. The molecule has 1 aliphatic heterocycles. The van der Waals surface area contributed by atoms with Crippen molar-refractivity contribution >= 4 is 11.5 Å². The van der Waals surface area contributed by atoms with E-state index in [1.54, 1.807) is 15.3 Å². The average Bonchev–Trinajstić information content (AvgIpc) is 3.29. The van der Waals surface area contributed by atoms with Gasteiger partial charge in [-0.3, -0.25) is 4.79 Å². The second-order valence-electron chi connectivity index (χ2n) is 7.63. The summed E-state index contributed by atoms with van der Waals surface area (Å²) >= 11 is 0. The van der Waals surface area contributed by atoms with Crippen LogP contribution in [-0.4, -0.2) is 42.7 Å². The van der Waals surface area contributed by atoms with E-state index in [0.717, 1.165) is 80.3 Å². The van der Waals surface area contributed by atoms with E-state index in [1.807, 2.05) is 19.1 Å². The van der Waals surface area contributed by atoms with Crippen LogP contribution in [0.15, 0.2) is 23.0 Å². The highest BCUT2D eigenvalue weighted by molar-refractivity contribution is 5.45. The quantitative estimate of drug-likeness (QED) is 0.698. The Kier molecular flexibility index (Phi) is 3.91. The van der Waals surface area contributed by atoms with Crippen molar-refractivity contribution in [1.29, 1.82) is 0 Å². The Morgan fingerprint density at radius 2 is 1.96 bits per heavy atom. The monoisotopic (exact) mass is 365 g/mol. The Balaban J connectivity index is 1.27. The van der Waals surface area contributed by atoms with Gasteiger partial charge in [0.2, 0.25) is 0 Å². The van der Waals surface area contributed by atoms with Gasteiger partial charge in [-0.25, -0.2) is 4.68 Å². The smallest absolute Gasteiger partial charge is 0.267 e. The van der Waals surface area contributed by atoms with Crippen LogP contribution in [0.3, 0.4) is 0 Å². The third-order valence-corrected chi connectivity index (χ3v) is 5.80. The second kappa shape index (κ2) is 6.44. The number of hydrogen-bond acceptors (Lipinski definition) is 6. The molecule has 3 aromatic rings. The second-order valence-corrected chi connectivity index (χ2v) is 7.63. The van der Waals surface area contributed by atoms with Crippen molar-refractivity contribution in [2.45, 2.75) is 45.6 Å². The minimum Gasteiger partial charge on any atom is -0.355 e. The molecule has 0 unspecified atom stereocenters. The molecule has 0 aromatic carbocycles. The van der Waals surface area contributed by atoms with Crippen molar-refractivity contribution in [2.24, 2.45) is 5.92 Å². The molecule has 0 saturated carbocycles. The largest absolute Gasteiger partial charge is 0.355 e. The number of hydrogen-bond donors (Lipinski definition) is 0. The summed E-state index contributed by atoms with van der Waals surface area (Å²) in [5.41, 5.74) is 3.09. The van der Waals surface area contributed by atoms with Crippen LogP contribution in [0.25, 0.3) is 5.65 Å². The molecule has 0 bridgehead atoms. The first-order valence-electron chi connectivity index (χ1n) is 9.71. The van der Waals surface area contributed by atoms with Crippen molar-refractivity contribution < 1.29 is 0 Å². The summed E-state index contributed by atoms with van der Waals surface area (Å²) in [5, 5.41) is 17.4. The lowest BCUT2D eigenvalue weighted by Crippen LogP contribution is -2.37. The number of rotatable bonds is 3. The lowest BCUT2D eigenvalue weighted by atomic mass is 9.97. The number of aryl methyl sites for hydroxylation is 3. The predicted molar refractivity (Wildman–Crippen MR) is 101 cm³/mol. The minimum absolute atomic E-state index is 0.0493. The van der Waals surface area contributed by atoms with Crippen molar-refractivity contribution in [3.05, 3.63) is 45.6 Å². The van der Waals surface area contributed by atoms with Crippen LogP contribution >= 0.6 is 0 Å². The van der Waals surface area contributed by atoms with Gasteiger partial charge in [-0.2, -0.15) is 9.61 Å². The van der Waals surface area contributed by atoms with E-state index >= 15 is 0 Å². The van der Waals surface area contributed by atoms with Gasteiger partial charge in [-0.1, -0.05) is 0 Å². The first-order chi connectivity index (χ1) is 13.2. The van der Waals surface area contributed by atoms with E-state index in [-0.39, 0.29) is 5.56 Å². The molecular formula is C19H23N7O. The van der Waals surface area contributed by atoms with Crippen LogP contribution in [0.2, 0.25) is 0 Å². The van der Waals surface area contributed by atoms with Crippen LogP contribution in [0.5, 0.6) is 0 Å². The molecule has 8 nitrogen and oxygen atoms in total. The van der Waals surface area contributed by atoms with E-state index < -0.39 is 0 Å². The van der Waals surface area contributed by atoms with Gasteiger partial charge in [0, 0.05) is 25.7 Å². The molecule has 0 amide bonds. The molecule has 1 aliphatic carbocycles. The maximum atomic E-state index is 12.3. The Labute approximate surface area is 156 Å². The summed E-state index contributed by atoms with van der Waals surface area (Å²) in [5.74, 6) is 2.23. The topological polar surface area (TPSA) is 81.2 Å². The molecule has 27 heavy (non-hydrogen) atoms. The lowest BCUT2D eigenvalue weighted by Gasteiger charge is -2.32. The van der Waals surface area contributed by atoms with E-state index in [2.05, 4.69) is 25.3 Å². The Morgan fingerprint density at radius 1 is 1.11 bits per heavy atom. The molecule has 8 heteroatoms. The Morgan fingerprint density at radius 3 is 2.81 bits per heavy atom. The molecule has 3 aromatic heterocycles. The van der Waals surface area contributed by atoms with Crippen LogP contribution < -0.4 is 10.5 Å². The van der Waals surface area contributed by atoms with Crippen LogP contribution in [0.1, 0.15) is 36.3 Å². The normalized spacial score (nSPS) is 17.6. The minimum atomic E-state index is 0.0493. The highest BCUT2D eigenvalue weighted by atomic mass is 16.1. The van der Waals surface area contributed by atoms with Gasteiger partial charge in [0.25, 0.3) is 5.56 Å². The zero-order chi connectivity index (χ0) is 18.4. The van der Waals surface area contributed by atoms with E-state index in [9.17, 15) is 4.79 Å². The third-order valence-electron chi connectivity index (χ3n) is 5.80. The number of piperidine rings is 1. The molecule has 5 rings (SSSR count). The number of aromatic nitrogens is 6. The van der Waals surface area contributed by atoms with Crippen LogP contribution in [-0.2, 0) is 19.4 Å². The zero-order valence-electron chi connectivity index (χ0n) is 15.5. The molecule has 1 fully saturated rings. The summed E-state index contributed by atoms with van der Waals surface area (Å²) in [6.45, 7) is 4.50. The maximum Gasteiger partial charge on any atom is 0.267 e. The SMILES string of the molecule is Cc1nnc2ccc(N3CCC(Cn4nc5c(cc4=O)CCC5)CC3)nn12. The fourth-order valence-electron chi connectivity index (χ4n) is 4.21. The lowest BCUT2D eigenvalue weighted by molar-refractivity contribution is 0.332. The summed E-state index contributed by atoms with van der Waals surface area (Å²) in [7, 11) is 0. The molecule has 1 saturated heterocycles. The van der Waals surface area contributed by atoms with Gasteiger partial charge in [0.1, 0.15) is 5.82 Å². The van der Waals surface area contributed by atoms with E-state index in [1.165, 1.54) is 0 Å². The standard InChI is InChI=1S/C19H23N7O/c1-13-20-21-17-5-6-18(23-26(13)17)24-9-7-14(8-10-24)12-25-19(27)11-15-3-2-4-16(15)22-25/h5-6,11,14H,2-4,7-10,12H2,1H3. The molecule has 0 radical (unpaired) electrons. The molecule has 0 spiro atoms. The van der Waals surface area contributed by atoms with Crippen molar-refractivity contribution in [2.75, 3.05) is 18.0 Å². The van der Waals surface area contributed by atoms with Gasteiger partial charge in [-0.05, 0) is 62.6 Å². The highest BCUT2D eigenvalue weighted by Gasteiger charge is 2.23. The number of anilines is 1. The summed E-state index contributed by atoms with van der Waals surface area (Å²) in [6, 6.07) is 5.77. The molecule has 0 atom stereocenters. The van der Waals surface area contributed by atoms with E-state index in [4.69, 9.17) is 0 Å².